The number of rotatable bonds is 4. The minimum atomic E-state index is 0.0150. The molecule has 0 aliphatic heterocycles. The number of halogens is 2. The van der Waals surface area contributed by atoms with Crippen molar-refractivity contribution in [2.24, 2.45) is 0 Å². The molecule has 1 aromatic rings. The van der Waals surface area contributed by atoms with Crippen LogP contribution in [0.3, 0.4) is 0 Å². The van der Waals surface area contributed by atoms with Crippen LogP contribution in [0.1, 0.15) is 29.3 Å². The quantitative estimate of drug-likeness (QED) is 0.613. The van der Waals surface area contributed by atoms with E-state index in [4.69, 9.17) is 0 Å². The van der Waals surface area contributed by atoms with Gasteiger partial charge in [0.1, 0.15) is 0 Å². The highest BCUT2D eigenvalue weighted by molar-refractivity contribution is 14.1. The van der Waals surface area contributed by atoms with Crippen LogP contribution in [0, 0.1) is 10.5 Å². The summed E-state index contributed by atoms with van der Waals surface area (Å²) in [6, 6.07) is 5.79. The first-order valence-corrected chi connectivity index (χ1v) is 7.19. The van der Waals surface area contributed by atoms with Crippen molar-refractivity contribution < 1.29 is 4.79 Å². The normalized spacial score (nSPS) is 12.2. The Labute approximate surface area is 118 Å². The van der Waals surface area contributed by atoms with E-state index in [1.807, 2.05) is 25.1 Å². The molecule has 0 fully saturated rings. The van der Waals surface area contributed by atoms with Crippen LogP contribution < -0.4 is 5.32 Å². The zero-order chi connectivity index (χ0) is 12.1. The van der Waals surface area contributed by atoms with Gasteiger partial charge in [-0.15, -0.1) is 0 Å². The fourth-order valence-electron chi connectivity index (χ4n) is 1.30. The van der Waals surface area contributed by atoms with Crippen LogP contribution in [0.2, 0.25) is 0 Å². The molecule has 0 heterocycles. The second-order valence-corrected chi connectivity index (χ2v) is 6.40. The third kappa shape index (κ3) is 4.05. The molecule has 2 nitrogen and oxygen atoms in total. The Kier molecular flexibility index (Phi) is 5.75. The summed E-state index contributed by atoms with van der Waals surface area (Å²) >= 11 is 5.67. The molecule has 0 bridgehead atoms. The number of amides is 1. The van der Waals surface area contributed by atoms with Crippen LogP contribution in [-0.2, 0) is 0 Å². The van der Waals surface area contributed by atoms with E-state index < -0.39 is 0 Å². The number of hydrogen-bond donors (Lipinski definition) is 1. The summed E-state index contributed by atoms with van der Waals surface area (Å²) in [5, 5.41) is 2.92. The number of aryl methyl sites for hydroxylation is 1. The van der Waals surface area contributed by atoms with E-state index in [1.165, 1.54) is 0 Å². The minimum absolute atomic E-state index is 0.0150. The van der Waals surface area contributed by atoms with Crippen LogP contribution >= 0.6 is 38.5 Å². The molecular weight excluding hydrogens is 381 g/mol. The smallest absolute Gasteiger partial charge is 0.252 e. The van der Waals surface area contributed by atoms with Crippen molar-refractivity contribution in [3.63, 3.8) is 0 Å². The van der Waals surface area contributed by atoms with Crippen molar-refractivity contribution in [1.82, 2.24) is 5.32 Å². The van der Waals surface area contributed by atoms with Gasteiger partial charge in [0.2, 0.25) is 0 Å². The number of benzene rings is 1. The monoisotopic (exact) mass is 395 g/mol. The number of nitrogens with one attached hydrogen (secondary N) is 1. The molecule has 88 valence electrons. The molecule has 0 radical (unpaired) electrons. The molecule has 4 heteroatoms. The number of carbonyl (C=O) groups excluding carboxylic acids is 1. The molecule has 1 rings (SSSR count). The molecule has 0 aliphatic carbocycles. The van der Waals surface area contributed by atoms with Gasteiger partial charge in [0.25, 0.3) is 5.91 Å². The largest absolute Gasteiger partial charge is 0.352 e. The summed E-state index contributed by atoms with van der Waals surface area (Å²) in [4.78, 5) is 12.3. The average Bonchev–Trinajstić information content (AvgIpc) is 2.21. The summed E-state index contributed by atoms with van der Waals surface area (Å²) in [7, 11) is 0. The van der Waals surface area contributed by atoms with E-state index in [9.17, 15) is 4.79 Å². The Balaban J connectivity index is 2.63. The topological polar surface area (TPSA) is 29.1 Å². The predicted octanol–water partition coefficient (Wildman–Crippen LogP) is 3.50. The summed E-state index contributed by atoms with van der Waals surface area (Å²) in [6.45, 7) is 4.79. The second-order valence-electron chi connectivity index (χ2n) is 3.76. The maximum Gasteiger partial charge on any atom is 0.252 e. The Morgan fingerprint density at radius 1 is 1.56 bits per heavy atom. The molecule has 0 aromatic heterocycles. The predicted molar refractivity (Wildman–Crippen MR) is 79.2 cm³/mol. The summed E-state index contributed by atoms with van der Waals surface area (Å²) < 4.78 is 1.03. The van der Waals surface area contributed by atoms with Gasteiger partial charge in [0.15, 0.2) is 0 Å². The van der Waals surface area contributed by atoms with Crippen molar-refractivity contribution >= 4 is 44.4 Å². The van der Waals surface area contributed by atoms with E-state index >= 15 is 0 Å². The summed E-state index contributed by atoms with van der Waals surface area (Å²) in [5.74, 6) is 0.0150. The highest BCUT2D eigenvalue weighted by atomic mass is 127. The van der Waals surface area contributed by atoms with Gasteiger partial charge in [-0.05, 0) is 47.6 Å². The van der Waals surface area contributed by atoms with Crippen LogP contribution in [0.5, 0.6) is 0 Å². The first kappa shape index (κ1) is 14.0. The third-order valence-electron chi connectivity index (χ3n) is 2.26. The molecule has 1 N–H and O–H groups in total. The van der Waals surface area contributed by atoms with Gasteiger partial charge in [-0.2, -0.15) is 0 Å². The number of hydrogen-bond acceptors (Lipinski definition) is 1. The standard InChI is InChI=1S/C12H15BrINO/c1-8-4-3-5-10(11(8)14)12(16)15-7-6-9(2)13/h3-5,9H,6-7H2,1-2H3,(H,15,16). The van der Waals surface area contributed by atoms with E-state index in [1.54, 1.807) is 0 Å². The SMILES string of the molecule is Cc1cccc(C(=O)NCCC(C)Br)c1I. The third-order valence-corrected chi connectivity index (χ3v) is 4.15. The summed E-state index contributed by atoms with van der Waals surface area (Å²) in [5.41, 5.74) is 1.91. The maximum absolute atomic E-state index is 11.9. The highest BCUT2D eigenvalue weighted by Crippen LogP contribution is 2.16. The van der Waals surface area contributed by atoms with Gasteiger partial charge in [0.05, 0.1) is 5.56 Å². The summed E-state index contributed by atoms with van der Waals surface area (Å²) in [6.07, 6.45) is 0.939. The van der Waals surface area contributed by atoms with E-state index in [0.29, 0.717) is 11.4 Å². The Hall–Kier alpha value is -0.100. The zero-order valence-electron chi connectivity index (χ0n) is 9.39. The molecule has 1 unspecified atom stereocenters. The fraction of sp³-hybridized carbons (Fsp3) is 0.417. The molecule has 0 spiro atoms. The average molecular weight is 396 g/mol. The Bertz CT molecular complexity index is 379. The van der Waals surface area contributed by atoms with E-state index in [0.717, 1.165) is 21.1 Å². The lowest BCUT2D eigenvalue weighted by Crippen LogP contribution is -2.26. The zero-order valence-corrected chi connectivity index (χ0v) is 13.1. The molecule has 0 saturated carbocycles. The fourth-order valence-corrected chi connectivity index (χ4v) is 2.14. The van der Waals surface area contributed by atoms with Crippen molar-refractivity contribution in [2.45, 2.75) is 25.1 Å². The molecule has 1 aromatic carbocycles. The lowest BCUT2D eigenvalue weighted by atomic mass is 10.1. The van der Waals surface area contributed by atoms with Crippen molar-refractivity contribution in [1.29, 1.82) is 0 Å². The highest BCUT2D eigenvalue weighted by Gasteiger charge is 2.10. The van der Waals surface area contributed by atoms with E-state index in [2.05, 4.69) is 50.8 Å². The van der Waals surface area contributed by atoms with Crippen LogP contribution in [0.4, 0.5) is 0 Å². The first-order chi connectivity index (χ1) is 7.52. The Morgan fingerprint density at radius 2 is 2.25 bits per heavy atom. The van der Waals surface area contributed by atoms with E-state index in [-0.39, 0.29) is 5.91 Å². The molecule has 16 heavy (non-hydrogen) atoms. The lowest BCUT2D eigenvalue weighted by Gasteiger charge is -2.09. The van der Waals surface area contributed by atoms with Gasteiger partial charge in [-0.3, -0.25) is 4.79 Å². The number of carbonyl (C=O) groups is 1. The van der Waals surface area contributed by atoms with Crippen molar-refractivity contribution in [2.75, 3.05) is 6.54 Å². The Morgan fingerprint density at radius 3 is 2.88 bits per heavy atom. The molecule has 1 amide bonds. The maximum atomic E-state index is 11.9. The van der Waals surface area contributed by atoms with Gasteiger partial charge in [0, 0.05) is 14.9 Å². The van der Waals surface area contributed by atoms with Gasteiger partial charge >= 0.3 is 0 Å². The molecule has 0 saturated heterocycles. The van der Waals surface area contributed by atoms with Gasteiger partial charge in [-0.25, -0.2) is 0 Å². The van der Waals surface area contributed by atoms with Crippen LogP contribution in [-0.4, -0.2) is 17.3 Å². The van der Waals surface area contributed by atoms with Crippen molar-refractivity contribution in [3.8, 4) is 0 Å². The van der Waals surface area contributed by atoms with Crippen LogP contribution in [0.15, 0.2) is 18.2 Å². The van der Waals surface area contributed by atoms with Gasteiger partial charge in [-0.1, -0.05) is 35.0 Å². The van der Waals surface area contributed by atoms with Gasteiger partial charge < -0.3 is 5.32 Å². The number of alkyl halides is 1. The second kappa shape index (κ2) is 6.59. The molecule has 0 aliphatic rings. The molecular formula is C12H15BrINO. The van der Waals surface area contributed by atoms with Crippen LogP contribution in [0.25, 0.3) is 0 Å². The minimum Gasteiger partial charge on any atom is -0.352 e. The first-order valence-electron chi connectivity index (χ1n) is 5.19. The lowest BCUT2D eigenvalue weighted by molar-refractivity contribution is 0.0952. The molecule has 1 atom stereocenters. The van der Waals surface area contributed by atoms with Crippen molar-refractivity contribution in [3.05, 3.63) is 32.9 Å².